The lowest BCUT2D eigenvalue weighted by molar-refractivity contribution is 0.262. The van der Waals surface area contributed by atoms with Crippen LogP contribution in [0.4, 0.5) is 26.2 Å². The summed E-state index contributed by atoms with van der Waals surface area (Å²) in [4.78, 5) is 11.7. The summed E-state index contributed by atoms with van der Waals surface area (Å²) in [5.41, 5.74) is 7.04. The maximum Gasteiger partial charge on any atom is 0.323 e. The fraction of sp³-hybridized carbons (Fsp3) is 0. The lowest BCUT2D eigenvalue weighted by atomic mass is 10.3. The summed E-state index contributed by atoms with van der Waals surface area (Å²) in [6, 6.07) is 10.3. The molecule has 2 amide bonds. The van der Waals surface area contributed by atoms with Crippen LogP contribution in [-0.2, 0) is 0 Å². The van der Waals surface area contributed by atoms with Crippen molar-refractivity contribution in [2.45, 2.75) is 0 Å². The van der Waals surface area contributed by atoms with Crippen molar-refractivity contribution < 1.29 is 9.18 Å². The van der Waals surface area contributed by atoms with Crippen molar-refractivity contribution in [3.05, 3.63) is 52.8 Å². The molecule has 0 atom stereocenters. The largest absolute Gasteiger partial charge is 0.397 e. The summed E-state index contributed by atoms with van der Waals surface area (Å²) in [6.45, 7) is 0. The first-order valence-corrected chi connectivity index (χ1v) is 6.22. The number of nitrogens with one attached hydrogen (secondary N) is 2. The van der Waals surface area contributed by atoms with Crippen LogP contribution < -0.4 is 16.4 Å². The minimum Gasteiger partial charge on any atom is -0.397 e. The summed E-state index contributed by atoms with van der Waals surface area (Å²) < 4.78 is 13.8. The Labute approximate surface area is 117 Å². The van der Waals surface area contributed by atoms with Gasteiger partial charge in [0.25, 0.3) is 0 Å². The number of rotatable bonds is 2. The standard InChI is InChI=1S/C13H11BrFN3O/c14-8-4-5-12(11(16)6-8)18-13(19)17-10-3-1-2-9(15)7-10/h1-7H,16H2,(H2,17,18,19). The van der Waals surface area contributed by atoms with Gasteiger partial charge in [-0.3, -0.25) is 0 Å². The second-order valence-electron chi connectivity index (χ2n) is 3.82. The van der Waals surface area contributed by atoms with Crippen molar-refractivity contribution in [3.63, 3.8) is 0 Å². The third kappa shape index (κ3) is 3.69. The van der Waals surface area contributed by atoms with E-state index in [2.05, 4.69) is 26.6 Å². The number of hydrogen-bond acceptors (Lipinski definition) is 2. The third-order valence-electron chi connectivity index (χ3n) is 2.34. The number of anilines is 3. The van der Waals surface area contributed by atoms with E-state index in [1.54, 1.807) is 24.3 Å². The normalized spacial score (nSPS) is 10.0. The SMILES string of the molecule is Nc1cc(Br)ccc1NC(=O)Nc1cccc(F)c1. The highest BCUT2D eigenvalue weighted by Crippen LogP contribution is 2.23. The number of nitrogens with two attached hydrogens (primary N) is 1. The first kappa shape index (κ1) is 13.4. The molecule has 0 heterocycles. The maximum atomic E-state index is 13.0. The molecule has 0 saturated heterocycles. The number of hydrogen-bond donors (Lipinski definition) is 3. The summed E-state index contributed by atoms with van der Waals surface area (Å²) in [6.07, 6.45) is 0. The van der Waals surface area contributed by atoms with E-state index in [0.717, 1.165) is 4.47 Å². The first-order chi connectivity index (χ1) is 9.04. The van der Waals surface area contributed by atoms with E-state index in [1.165, 1.54) is 18.2 Å². The number of halogens is 2. The molecule has 6 heteroatoms. The van der Waals surface area contributed by atoms with Crippen LogP contribution >= 0.6 is 15.9 Å². The Morgan fingerprint density at radius 1 is 1.16 bits per heavy atom. The van der Waals surface area contributed by atoms with Gasteiger partial charge in [-0.05, 0) is 36.4 Å². The fourth-order valence-electron chi connectivity index (χ4n) is 1.50. The zero-order valence-electron chi connectivity index (χ0n) is 9.78. The Balaban J connectivity index is 2.05. The number of carbonyl (C=O) groups is 1. The van der Waals surface area contributed by atoms with E-state index in [0.29, 0.717) is 17.1 Å². The van der Waals surface area contributed by atoms with Crippen LogP contribution in [0.5, 0.6) is 0 Å². The van der Waals surface area contributed by atoms with E-state index >= 15 is 0 Å². The minimum atomic E-state index is -0.486. The van der Waals surface area contributed by atoms with Crippen LogP contribution in [0.25, 0.3) is 0 Å². The van der Waals surface area contributed by atoms with E-state index in [9.17, 15) is 9.18 Å². The molecule has 0 aliphatic rings. The molecule has 98 valence electrons. The highest BCUT2D eigenvalue weighted by Gasteiger charge is 2.06. The maximum absolute atomic E-state index is 13.0. The van der Waals surface area contributed by atoms with Gasteiger partial charge in [-0.25, -0.2) is 9.18 Å². The number of nitrogen functional groups attached to an aromatic ring is 1. The average Bonchev–Trinajstić information content (AvgIpc) is 2.33. The molecular formula is C13H11BrFN3O. The van der Waals surface area contributed by atoms with Crippen molar-refractivity contribution in [2.75, 3.05) is 16.4 Å². The van der Waals surface area contributed by atoms with Crippen molar-refractivity contribution in [1.82, 2.24) is 0 Å². The summed E-state index contributed by atoms with van der Waals surface area (Å²) in [5.74, 6) is -0.416. The second kappa shape index (κ2) is 5.71. The molecule has 4 nitrogen and oxygen atoms in total. The lowest BCUT2D eigenvalue weighted by Gasteiger charge is -2.10. The Morgan fingerprint density at radius 3 is 2.63 bits per heavy atom. The average molecular weight is 324 g/mol. The third-order valence-corrected chi connectivity index (χ3v) is 2.84. The monoisotopic (exact) mass is 323 g/mol. The van der Waals surface area contributed by atoms with Gasteiger partial charge >= 0.3 is 6.03 Å². The number of urea groups is 1. The van der Waals surface area contributed by atoms with E-state index < -0.39 is 11.8 Å². The van der Waals surface area contributed by atoms with Crippen molar-refractivity contribution in [2.24, 2.45) is 0 Å². The van der Waals surface area contributed by atoms with Crippen LogP contribution in [0.1, 0.15) is 0 Å². The van der Waals surface area contributed by atoms with Gasteiger partial charge in [0.15, 0.2) is 0 Å². The molecule has 2 rings (SSSR count). The van der Waals surface area contributed by atoms with Gasteiger partial charge < -0.3 is 16.4 Å². The fourth-order valence-corrected chi connectivity index (χ4v) is 1.88. The van der Waals surface area contributed by atoms with E-state index in [1.807, 2.05) is 0 Å². The van der Waals surface area contributed by atoms with Crippen molar-refractivity contribution >= 4 is 39.0 Å². The summed E-state index contributed by atoms with van der Waals surface area (Å²) in [5, 5.41) is 5.10. The quantitative estimate of drug-likeness (QED) is 0.735. The smallest absolute Gasteiger partial charge is 0.323 e. The zero-order valence-corrected chi connectivity index (χ0v) is 11.4. The lowest BCUT2D eigenvalue weighted by Crippen LogP contribution is -2.20. The highest BCUT2D eigenvalue weighted by atomic mass is 79.9. The molecular weight excluding hydrogens is 313 g/mol. The predicted octanol–water partition coefficient (Wildman–Crippen LogP) is 3.81. The zero-order chi connectivity index (χ0) is 13.8. The molecule has 0 spiro atoms. The second-order valence-corrected chi connectivity index (χ2v) is 4.74. The topological polar surface area (TPSA) is 67.1 Å². The molecule has 19 heavy (non-hydrogen) atoms. The minimum absolute atomic E-state index is 0.369. The molecule has 4 N–H and O–H groups in total. The molecule has 0 saturated carbocycles. The van der Waals surface area contributed by atoms with E-state index in [-0.39, 0.29) is 0 Å². The van der Waals surface area contributed by atoms with Gasteiger partial charge in [0.1, 0.15) is 5.82 Å². The van der Waals surface area contributed by atoms with Crippen LogP contribution in [-0.4, -0.2) is 6.03 Å². The highest BCUT2D eigenvalue weighted by molar-refractivity contribution is 9.10. The van der Waals surface area contributed by atoms with Crippen LogP contribution in [0.2, 0.25) is 0 Å². The van der Waals surface area contributed by atoms with Crippen molar-refractivity contribution in [3.8, 4) is 0 Å². The molecule has 0 aliphatic carbocycles. The van der Waals surface area contributed by atoms with Gasteiger partial charge in [-0.1, -0.05) is 22.0 Å². The number of benzene rings is 2. The van der Waals surface area contributed by atoms with E-state index in [4.69, 9.17) is 5.73 Å². The van der Waals surface area contributed by atoms with Gasteiger partial charge in [-0.2, -0.15) is 0 Å². The van der Waals surface area contributed by atoms with Gasteiger partial charge in [-0.15, -0.1) is 0 Å². The van der Waals surface area contributed by atoms with Crippen LogP contribution in [0, 0.1) is 5.82 Å². The summed E-state index contributed by atoms with van der Waals surface area (Å²) in [7, 11) is 0. The Kier molecular flexibility index (Phi) is 4.01. The Hall–Kier alpha value is -2.08. The van der Waals surface area contributed by atoms with Gasteiger partial charge in [0, 0.05) is 10.2 Å². The van der Waals surface area contributed by atoms with Crippen molar-refractivity contribution in [1.29, 1.82) is 0 Å². The molecule has 0 fully saturated rings. The number of carbonyl (C=O) groups excluding carboxylic acids is 1. The van der Waals surface area contributed by atoms with Crippen LogP contribution in [0.15, 0.2) is 46.9 Å². The number of amides is 2. The Bertz CT molecular complexity index is 619. The molecule has 2 aromatic rings. The summed E-state index contributed by atoms with van der Waals surface area (Å²) >= 11 is 3.27. The van der Waals surface area contributed by atoms with Crippen LogP contribution in [0.3, 0.4) is 0 Å². The molecule has 0 aliphatic heterocycles. The van der Waals surface area contributed by atoms with Gasteiger partial charge in [0.05, 0.1) is 11.4 Å². The molecule has 2 aromatic carbocycles. The molecule has 0 bridgehead atoms. The van der Waals surface area contributed by atoms with Gasteiger partial charge in [0.2, 0.25) is 0 Å². The molecule has 0 unspecified atom stereocenters. The molecule has 0 radical (unpaired) electrons. The Morgan fingerprint density at radius 2 is 1.95 bits per heavy atom. The molecule has 0 aromatic heterocycles. The first-order valence-electron chi connectivity index (χ1n) is 5.43. The predicted molar refractivity (Wildman–Crippen MR) is 77.6 cm³/mol.